The number of allylic oxidation sites excluding steroid dienone is 1. The Kier molecular flexibility index (Phi) is 4.28. The van der Waals surface area contributed by atoms with Crippen LogP contribution in [0.15, 0.2) is 36.5 Å². The molecule has 0 aromatic heterocycles. The third kappa shape index (κ3) is 3.40. The van der Waals surface area contributed by atoms with E-state index in [0.717, 1.165) is 25.9 Å². The number of piperidine rings is 1. The first-order chi connectivity index (χ1) is 9.18. The second-order valence-corrected chi connectivity index (χ2v) is 4.55. The van der Waals surface area contributed by atoms with Crippen molar-refractivity contribution in [2.75, 3.05) is 13.1 Å². The molecule has 5 heteroatoms. The zero-order valence-electron chi connectivity index (χ0n) is 10.6. The summed E-state index contributed by atoms with van der Waals surface area (Å²) in [5.74, 6) is -0.321. The number of ketones is 1. The normalized spacial score (nSPS) is 15.7. The minimum absolute atomic E-state index is 0.140. The van der Waals surface area contributed by atoms with E-state index in [1.807, 2.05) is 0 Å². The van der Waals surface area contributed by atoms with Crippen LogP contribution in [0.3, 0.4) is 0 Å². The van der Waals surface area contributed by atoms with Gasteiger partial charge >= 0.3 is 0 Å². The molecule has 1 aromatic carbocycles. The number of rotatable bonds is 4. The van der Waals surface area contributed by atoms with Crippen LogP contribution in [-0.2, 0) is 0 Å². The molecule has 1 aromatic rings. The van der Waals surface area contributed by atoms with Gasteiger partial charge in [0.15, 0.2) is 5.78 Å². The number of nitrogens with zero attached hydrogens (tertiary/aromatic N) is 2. The lowest BCUT2D eigenvalue weighted by Gasteiger charge is -2.24. The van der Waals surface area contributed by atoms with Gasteiger partial charge in [-0.25, -0.2) is 0 Å². The summed E-state index contributed by atoms with van der Waals surface area (Å²) in [5.41, 5.74) is -0.00319. The second-order valence-electron chi connectivity index (χ2n) is 4.55. The van der Waals surface area contributed by atoms with Crippen LogP contribution in [-0.4, -0.2) is 28.7 Å². The highest BCUT2D eigenvalue weighted by molar-refractivity contribution is 6.07. The second kappa shape index (κ2) is 6.13. The Morgan fingerprint density at radius 3 is 2.58 bits per heavy atom. The maximum atomic E-state index is 12.0. The molecule has 0 spiro atoms. The monoisotopic (exact) mass is 260 g/mol. The number of benzene rings is 1. The van der Waals surface area contributed by atoms with Crippen LogP contribution in [0.25, 0.3) is 0 Å². The summed E-state index contributed by atoms with van der Waals surface area (Å²) in [5, 5.41) is 10.9. The standard InChI is InChI=1S/C14H16N2O3/c17-14(8-11-15-9-4-1-5-10-15)12-6-2-3-7-13(12)16(18)19/h2-3,6-8,11H,1,4-5,9-10H2/b11-8+. The molecule has 0 aliphatic carbocycles. The molecule has 0 N–H and O–H groups in total. The van der Waals surface area contributed by atoms with Crippen LogP contribution in [0.4, 0.5) is 5.69 Å². The van der Waals surface area contributed by atoms with E-state index in [1.165, 1.54) is 24.6 Å². The highest BCUT2D eigenvalue weighted by atomic mass is 16.6. The minimum atomic E-state index is -0.526. The Balaban J connectivity index is 2.11. The summed E-state index contributed by atoms with van der Waals surface area (Å²) in [6, 6.07) is 6.03. The first-order valence-electron chi connectivity index (χ1n) is 6.38. The van der Waals surface area contributed by atoms with E-state index in [4.69, 9.17) is 0 Å². The molecule has 0 saturated carbocycles. The van der Waals surface area contributed by atoms with Gasteiger partial charge in [0.25, 0.3) is 5.69 Å². The maximum Gasteiger partial charge on any atom is 0.280 e. The van der Waals surface area contributed by atoms with Gasteiger partial charge in [-0.05, 0) is 25.3 Å². The molecule has 1 aliphatic rings. The quantitative estimate of drug-likeness (QED) is 0.361. The summed E-state index contributed by atoms with van der Waals surface area (Å²) >= 11 is 0. The summed E-state index contributed by atoms with van der Waals surface area (Å²) in [6.45, 7) is 1.89. The van der Waals surface area contributed by atoms with E-state index in [1.54, 1.807) is 18.3 Å². The topological polar surface area (TPSA) is 63.5 Å². The fourth-order valence-electron chi connectivity index (χ4n) is 2.17. The predicted molar refractivity (Wildman–Crippen MR) is 72.0 cm³/mol. The van der Waals surface area contributed by atoms with Gasteiger partial charge in [0.1, 0.15) is 0 Å². The molecule has 1 heterocycles. The summed E-state index contributed by atoms with van der Waals surface area (Å²) in [7, 11) is 0. The Hall–Kier alpha value is -2.17. The van der Waals surface area contributed by atoms with E-state index >= 15 is 0 Å². The Bertz CT molecular complexity index is 505. The number of para-hydroxylation sites is 1. The first kappa shape index (κ1) is 13.3. The van der Waals surface area contributed by atoms with Gasteiger partial charge < -0.3 is 4.90 Å². The van der Waals surface area contributed by atoms with E-state index in [-0.39, 0.29) is 17.0 Å². The van der Waals surface area contributed by atoms with E-state index < -0.39 is 4.92 Å². The molecule has 0 unspecified atom stereocenters. The van der Waals surface area contributed by atoms with Crippen molar-refractivity contribution in [2.45, 2.75) is 19.3 Å². The van der Waals surface area contributed by atoms with Crippen molar-refractivity contribution in [3.05, 3.63) is 52.2 Å². The van der Waals surface area contributed by atoms with Crippen LogP contribution in [0.1, 0.15) is 29.6 Å². The van der Waals surface area contributed by atoms with Gasteiger partial charge in [-0.15, -0.1) is 0 Å². The molecule has 1 fully saturated rings. The fraction of sp³-hybridized carbons (Fsp3) is 0.357. The van der Waals surface area contributed by atoms with Crippen LogP contribution in [0.2, 0.25) is 0 Å². The van der Waals surface area contributed by atoms with Gasteiger partial charge in [0, 0.05) is 31.4 Å². The number of carbonyl (C=O) groups is 1. The summed E-state index contributed by atoms with van der Waals surface area (Å²) in [4.78, 5) is 24.4. The molecule has 1 aliphatic heterocycles. The Labute approximate surface area is 111 Å². The van der Waals surface area contributed by atoms with Gasteiger partial charge in [-0.2, -0.15) is 0 Å². The van der Waals surface area contributed by atoms with Crippen molar-refractivity contribution in [1.29, 1.82) is 0 Å². The van der Waals surface area contributed by atoms with Crippen molar-refractivity contribution in [2.24, 2.45) is 0 Å². The molecule has 0 amide bonds. The van der Waals surface area contributed by atoms with Crippen molar-refractivity contribution < 1.29 is 9.72 Å². The van der Waals surface area contributed by atoms with Crippen LogP contribution >= 0.6 is 0 Å². The minimum Gasteiger partial charge on any atom is -0.377 e. The van der Waals surface area contributed by atoms with Crippen molar-refractivity contribution in [3.63, 3.8) is 0 Å². The predicted octanol–water partition coefficient (Wildman–Crippen LogP) is 2.78. The molecule has 100 valence electrons. The number of hydrogen-bond donors (Lipinski definition) is 0. The molecule has 1 saturated heterocycles. The van der Waals surface area contributed by atoms with Gasteiger partial charge in [0.2, 0.25) is 0 Å². The lowest BCUT2D eigenvalue weighted by atomic mass is 10.1. The summed E-state index contributed by atoms with van der Waals surface area (Å²) < 4.78 is 0. The number of carbonyl (C=O) groups excluding carboxylic acids is 1. The van der Waals surface area contributed by atoms with Gasteiger partial charge in [-0.1, -0.05) is 12.1 Å². The number of nitro groups is 1. The number of likely N-dealkylation sites (tertiary alicyclic amines) is 1. The van der Waals surface area contributed by atoms with E-state index in [9.17, 15) is 14.9 Å². The average molecular weight is 260 g/mol. The van der Waals surface area contributed by atoms with Crippen LogP contribution < -0.4 is 0 Å². The molecular formula is C14H16N2O3. The van der Waals surface area contributed by atoms with E-state index in [2.05, 4.69) is 4.90 Å². The summed E-state index contributed by atoms with van der Waals surface area (Å²) in [6.07, 6.45) is 6.66. The van der Waals surface area contributed by atoms with Crippen LogP contribution in [0, 0.1) is 10.1 Å². The molecule has 2 rings (SSSR count). The van der Waals surface area contributed by atoms with Gasteiger partial charge in [0.05, 0.1) is 10.5 Å². The third-order valence-electron chi connectivity index (χ3n) is 3.19. The van der Waals surface area contributed by atoms with Crippen molar-refractivity contribution >= 4 is 11.5 Å². The third-order valence-corrected chi connectivity index (χ3v) is 3.19. The largest absolute Gasteiger partial charge is 0.377 e. The average Bonchev–Trinajstić information content (AvgIpc) is 2.46. The van der Waals surface area contributed by atoms with Crippen molar-refractivity contribution in [3.8, 4) is 0 Å². The lowest BCUT2D eigenvalue weighted by Crippen LogP contribution is -2.24. The molecule has 0 atom stereocenters. The van der Waals surface area contributed by atoms with Crippen LogP contribution in [0.5, 0.6) is 0 Å². The smallest absolute Gasteiger partial charge is 0.280 e. The fourth-order valence-corrected chi connectivity index (χ4v) is 2.17. The van der Waals surface area contributed by atoms with E-state index in [0.29, 0.717) is 0 Å². The number of nitro benzene ring substituents is 1. The molecule has 19 heavy (non-hydrogen) atoms. The maximum absolute atomic E-state index is 12.0. The molecule has 0 radical (unpaired) electrons. The van der Waals surface area contributed by atoms with Crippen molar-refractivity contribution in [1.82, 2.24) is 4.90 Å². The molecular weight excluding hydrogens is 244 g/mol. The lowest BCUT2D eigenvalue weighted by molar-refractivity contribution is -0.385. The first-order valence-corrected chi connectivity index (χ1v) is 6.38. The highest BCUT2D eigenvalue weighted by Gasteiger charge is 2.17. The SMILES string of the molecule is O=C(/C=C/N1CCCCC1)c1ccccc1[N+](=O)[O-]. The Morgan fingerprint density at radius 2 is 1.89 bits per heavy atom. The zero-order chi connectivity index (χ0) is 13.7. The highest BCUT2D eigenvalue weighted by Crippen LogP contribution is 2.18. The Morgan fingerprint density at radius 1 is 1.21 bits per heavy atom. The number of hydrogen-bond acceptors (Lipinski definition) is 4. The zero-order valence-corrected chi connectivity index (χ0v) is 10.6. The molecule has 5 nitrogen and oxygen atoms in total. The molecule has 0 bridgehead atoms. The van der Waals surface area contributed by atoms with Gasteiger partial charge in [-0.3, -0.25) is 14.9 Å².